The van der Waals surface area contributed by atoms with Crippen LogP contribution < -0.4 is 29.1 Å². The van der Waals surface area contributed by atoms with Crippen molar-refractivity contribution in [2.75, 3.05) is 34.4 Å². The fourth-order valence-electron chi connectivity index (χ4n) is 4.67. The first-order chi connectivity index (χ1) is 18.7. The third-order valence-corrected chi connectivity index (χ3v) is 8.97. The van der Waals surface area contributed by atoms with Gasteiger partial charge in [0, 0.05) is 27.8 Å². The van der Waals surface area contributed by atoms with Gasteiger partial charge >= 0.3 is 0 Å². The van der Waals surface area contributed by atoms with Crippen molar-refractivity contribution in [1.29, 1.82) is 0 Å². The minimum Gasteiger partial charge on any atom is -0.497 e. The largest absolute Gasteiger partial charge is 0.497 e. The number of likely N-dealkylation sites (N-methyl/N-ethyl adjacent to an activating group) is 1. The average molecular weight is 773 g/mol. The summed E-state index contributed by atoms with van der Waals surface area (Å²) in [6, 6.07) is 8.64. The van der Waals surface area contributed by atoms with Crippen molar-refractivity contribution in [1.82, 2.24) is 9.47 Å². The van der Waals surface area contributed by atoms with Gasteiger partial charge in [-0.15, -0.1) is 0 Å². The molecular weight excluding hydrogens is 744 g/mol. The van der Waals surface area contributed by atoms with Gasteiger partial charge < -0.3 is 19.1 Å². The fraction of sp³-hybridized carbons (Fsp3) is 0.321. The highest BCUT2D eigenvalue weighted by Gasteiger charge is 2.36. The van der Waals surface area contributed by atoms with E-state index in [0.717, 1.165) is 12.7 Å². The zero-order valence-electron chi connectivity index (χ0n) is 22.5. The zero-order chi connectivity index (χ0) is 28.4. The number of carbonyl (C=O) groups is 1. The number of carbonyl (C=O) groups excluding carboxylic acids is 1. The van der Waals surface area contributed by atoms with Crippen LogP contribution in [0.5, 0.6) is 17.2 Å². The molecule has 0 radical (unpaired) electrons. The number of ether oxygens (including phenoxy) is 3. The number of hydrogen-bond acceptors (Lipinski definition) is 7. The molecule has 0 saturated heterocycles. The molecule has 0 unspecified atom stereocenters. The molecule has 0 aliphatic carbocycles. The molecule has 1 aliphatic heterocycles. The maximum atomic E-state index is 14.1. The zero-order valence-corrected chi connectivity index (χ0v) is 27.6. The van der Waals surface area contributed by atoms with Crippen LogP contribution in [0.3, 0.4) is 0 Å². The van der Waals surface area contributed by atoms with E-state index in [1.54, 1.807) is 42.9 Å². The van der Waals surface area contributed by atoms with E-state index in [4.69, 9.17) is 19.2 Å². The highest BCUT2D eigenvalue weighted by atomic mass is 127. The van der Waals surface area contributed by atoms with Crippen molar-refractivity contribution in [2.24, 2.45) is 4.99 Å². The van der Waals surface area contributed by atoms with Crippen molar-refractivity contribution in [3.8, 4) is 17.2 Å². The van der Waals surface area contributed by atoms with Crippen LogP contribution in [0.15, 0.2) is 51.4 Å². The van der Waals surface area contributed by atoms with Crippen LogP contribution in [0.25, 0.3) is 6.08 Å². The number of rotatable bonds is 8. The van der Waals surface area contributed by atoms with Crippen molar-refractivity contribution in [3.63, 3.8) is 0 Å². The molecule has 1 atom stereocenters. The predicted octanol–water partition coefficient (Wildman–Crippen LogP) is 4.34. The van der Waals surface area contributed by atoms with E-state index in [1.165, 1.54) is 11.3 Å². The second-order valence-electron chi connectivity index (χ2n) is 8.68. The lowest BCUT2D eigenvalue weighted by atomic mass is 9.93. The third kappa shape index (κ3) is 5.62. The van der Waals surface area contributed by atoms with Gasteiger partial charge in [-0.25, -0.2) is 4.99 Å². The number of allylic oxidation sites excluding steroid dienone is 1. The van der Waals surface area contributed by atoms with Crippen LogP contribution in [-0.4, -0.2) is 49.8 Å². The Morgan fingerprint density at radius 1 is 1.10 bits per heavy atom. The molecule has 39 heavy (non-hydrogen) atoms. The summed E-state index contributed by atoms with van der Waals surface area (Å²) in [7, 11) is 4.77. The van der Waals surface area contributed by atoms with Gasteiger partial charge in [-0.2, -0.15) is 0 Å². The Hall–Kier alpha value is -2.39. The Labute approximate surface area is 258 Å². The van der Waals surface area contributed by atoms with Crippen molar-refractivity contribution in [2.45, 2.75) is 26.8 Å². The number of halogens is 2. The Bertz CT molecular complexity index is 1640. The molecule has 0 fully saturated rings. The summed E-state index contributed by atoms with van der Waals surface area (Å²) in [6.07, 6.45) is 1.83. The topological polar surface area (TPSA) is 82.4 Å². The van der Waals surface area contributed by atoms with Crippen LogP contribution in [0.2, 0.25) is 0 Å². The fourth-order valence-corrected chi connectivity index (χ4v) is 7.81. The van der Waals surface area contributed by atoms with E-state index in [0.29, 0.717) is 56.5 Å². The maximum absolute atomic E-state index is 14.1. The number of hydrogen-bond donors (Lipinski definition) is 0. The van der Waals surface area contributed by atoms with Crippen molar-refractivity contribution < 1.29 is 19.0 Å². The molecule has 1 aliphatic rings. The molecule has 0 spiro atoms. The van der Waals surface area contributed by atoms with Crippen LogP contribution in [0.1, 0.15) is 37.9 Å². The molecule has 0 saturated carbocycles. The van der Waals surface area contributed by atoms with Gasteiger partial charge in [0.1, 0.15) is 23.3 Å². The molecule has 8 nitrogen and oxygen atoms in total. The number of aromatic nitrogens is 1. The summed E-state index contributed by atoms with van der Waals surface area (Å²) in [5, 5.41) is 0. The number of nitrogens with zero attached hydrogens (tertiary/aromatic N) is 3. The molecule has 1 aromatic heterocycles. The smallest absolute Gasteiger partial charge is 0.271 e. The van der Waals surface area contributed by atoms with Gasteiger partial charge in [0.15, 0.2) is 4.80 Å². The Morgan fingerprint density at radius 3 is 2.44 bits per heavy atom. The van der Waals surface area contributed by atoms with Gasteiger partial charge in [0.25, 0.3) is 11.5 Å². The molecule has 0 N–H and O–H groups in total. The second-order valence-corrected chi connectivity index (χ2v) is 12.1. The minimum atomic E-state index is -0.750. The highest BCUT2D eigenvalue weighted by Crippen LogP contribution is 2.38. The van der Waals surface area contributed by atoms with Gasteiger partial charge in [-0.1, -0.05) is 11.3 Å². The van der Waals surface area contributed by atoms with Crippen LogP contribution in [0, 0.1) is 7.14 Å². The molecule has 3 aromatic rings. The average Bonchev–Trinajstić information content (AvgIpc) is 3.21. The van der Waals surface area contributed by atoms with E-state index in [9.17, 15) is 9.59 Å². The van der Waals surface area contributed by atoms with E-state index >= 15 is 0 Å². The molecule has 206 valence electrons. The first kappa shape index (κ1) is 29.6. The summed E-state index contributed by atoms with van der Waals surface area (Å²) in [5.41, 5.74) is 2.20. The minimum absolute atomic E-state index is 0.167. The molecule has 2 aromatic carbocycles. The lowest BCUT2D eigenvalue weighted by Gasteiger charge is -2.30. The lowest BCUT2D eigenvalue weighted by molar-refractivity contribution is -0.127. The van der Waals surface area contributed by atoms with E-state index in [1.807, 2.05) is 45.0 Å². The highest BCUT2D eigenvalue weighted by molar-refractivity contribution is 14.1. The Morgan fingerprint density at radius 2 is 1.82 bits per heavy atom. The normalized spacial score (nSPS) is 15.1. The molecule has 0 bridgehead atoms. The maximum Gasteiger partial charge on any atom is 0.271 e. The SMILES string of the molecule is CCN(CC)C(=O)C1=C(C)N=c2s/c(=C/c3cc(I)cc(I)c3OC)c(=O)n2[C@@H]1c1cc(OC)ccc1OC. The van der Waals surface area contributed by atoms with Crippen LogP contribution in [-0.2, 0) is 4.79 Å². The summed E-state index contributed by atoms with van der Waals surface area (Å²) in [4.78, 5) is 35.0. The van der Waals surface area contributed by atoms with Crippen molar-refractivity contribution >= 4 is 68.5 Å². The molecule has 11 heteroatoms. The standard InChI is InChI=1S/C28H29I2N3O5S/c1-7-32(8-2)27(35)23-15(3)31-28-33(24(23)19-14-18(36-4)9-10-21(19)37-5)26(34)22(39-28)12-16-11-17(29)13-20(30)25(16)38-6/h9-14,24H,7-8H2,1-6H3/b22-12+/t24-/m1/s1. The van der Waals surface area contributed by atoms with Crippen LogP contribution >= 0.6 is 56.5 Å². The summed E-state index contributed by atoms with van der Waals surface area (Å²) < 4.78 is 20.9. The van der Waals surface area contributed by atoms with E-state index < -0.39 is 6.04 Å². The Kier molecular flexibility index (Phi) is 9.42. The number of fused-ring (bicyclic) bond motifs is 1. The first-order valence-electron chi connectivity index (χ1n) is 12.3. The number of methoxy groups -OCH3 is 3. The van der Waals surface area contributed by atoms with Gasteiger partial charge in [0.05, 0.1) is 40.7 Å². The Balaban J connectivity index is 2.06. The third-order valence-electron chi connectivity index (χ3n) is 6.56. The van der Waals surface area contributed by atoms with E-state index in [-0.39, 0.29) is 11.5 Å². The lowest BCUT2D eigenvalue weighted by Crippen LogP contribution is -2.43. The number of thiazole rings is 1. The van der Waals surface area contributed by atoms with Crippen LogP contribution in [0.4, 0.5) is 0 Å². The summed E-state index contributed by atoms with van der Waals surface area (Å²) in [5.74, 6) is 1.67. The van der Waals surface area contributed by atoms with Gasteiger partial charge in [-0.3, -0.25) is 14.2 Å². The number of benzene rings is 2. The second kappa shape index (κ2) is 12.4. The predicted molar refractivity (Wildman–Crippen MR) is 170 cm³/mol. The molecule has 1 amide bonds. The van der Waals surface area contributed by atoms with Gasteiger partial charge in [0.2, 0.25) is 0 Å². The summed E-state index contributed by atoms with van der Waals surface area (Å²) in [6.45, 7) is 6.75. The van der Waals surface area contributed by atoms with E-state index in [2.05, 4.69) is 45.2 Å². The van der Waals surface area contributed by atoms with Crippen molar-refractivity contribution in [3.05, 3.63) is 79.6 Å². The molecule has 4 rings (SSSR count). The molecular formula is C28H29I2N3O5S. The summed E-state index contributed by atoms with van der Waals surface area (Å²) >= 11 is 5.76. The molecule has 2 heterocycles. The quantitative estimate of drug-likeness (QED) is 0.319. The number of amides is 1. The monoisotopic (exact) mass is 773 g/mol. The first-order valence-corrected chi connectivity index (χ1v) is 15.2. The van der Waals surface area contributed by atoms with Gasteiger partial charge in [-0.05, 0) is 102 Å².